The number of aromatic nitrogens is 2. The van der Waals surface area contributed by atoms with Gasteiger partial charge in [0.25, 0.3) is 0 Å². The van der Waals surface area contributed by atoms with Crippen LogP contribution in [-0.2, 0) is 11.3 Å². The van der Waals surface area contributed by atoms with Crippen LogP contribution in [0.15, 0.2) is 18.2 Å². The van der Waals surface area contributed by atoms with Gasteiger partial charge in [0, 0.05) is 17.7 Å². The van der Waals surface area contributed by atoms with Crippen molar-refractivity contribution in [2.45, 2.75) is 20.5 Å². The lowest BCUT2D eigenvalue weighted by atomic mass is 10.2. The largest absolute Gasteiger partial charge is 0.374 e. The van der Waals surface area contributed by atoms with Crippen molar-refractivity contribution in [2.75, 3.05) is 11.9 Å². The molecule has 0 atom stereocenters. The van der Waals surface area contributed by atoms with Gasteiger partial charge in [0.05, 0.1) is 10.7 Å². The van der Waals surface area contributed by atoms with Crippen LogP contribution >= 0.6 is 34.8 Å². The highest BCUT2D eigenvalue weighted by molar-refractivity contribution is 6.36. The molecule has 21 heavy (non-hydrogen) atoms. The van der Waals surface area contributed by atoms with E-state index in [0.717, 1.165) is 5.56 Å². The molecule has 0 aliphatic carbocycles. The maximum absolute atomic E-state index is 6.19. The van der Waals surface area contributed by atoms with Crippen molar-refractivity contribution >= 4 is 46.3 Å². The van der Waals surface area contributed by atoms with E-state index in [0.29, 0.717) is 45.7 Å². The highest BCUT2D eigenvalue weighted by Crippen LogP contribution is 2.31. The van der Waals surface area contributed by atoms with Gasteiger partial charge >= 0.3 is 0 Å². The average molecular weight is 347 g/mol. The van der Waals surface area contributed by atoms with E-state index in [9.17, 15) is 0 Å². The molecule has 0 saturated carbocycles. The first-order valence-corrected chi connectivity index (χ1v) is 7.47. The SMILES string of the molecule is CCOCc1nc(Cl)cc(Nc2cc(Cl)c(C)cc2Cl)n1. The zero-order chi connectivity index (χ0) is 15.4. The van der Waals surface area contributed by atoms with Gasteiger partial charge in [-0.25, -0.2) is 9.97 Å². The molecular weight excluding hydrogens is 333 g/mol. The van der Waals surface area contributed by atoms with Crippen LogP contribution in [0.3, 0.4) is 0 Å². The van der Waals surface area contributed by atoms with Crippen molar-refractivity contribution < 1.29 is 4.74 Å². The number of benzene rings is 1. The Bertz CT molecular complexity index is 650. The van der Waals surface area contributed by atoms with Crippen molar-refractivity contribution in [3.8, 4) is 0 Å². The van der Waals surface area contributed by atoms with Crippen LogP contribution in [0.1, 0.15) is 18.3 Å². The van der Waals surface area contributed by atoms with Crippen molar-refractivity contribution in [1.82, 2.24) is 9.97 Å². The van der Waals surface area contributed by atoms with E-state index in [1.54, 1.807) is 18.2 Å². The van der Waals surface area contributed by atoms with E-state index in [4.69, 9.17) is 39.5 Å². The van der Waals surface area contributed by atoms with Gasteiger partial charge in [0.2, 0.25) is 0 Å². The average Bonchev–Trinajstić information content (AvgIpc) is 2.42. The van der Waals surface area contributed by atoms with Gasteiger partial charge < -0.3 is 10.1 Å². The lowest BCUT2D eigenvalue weighted by molar-refractivity contribution is 0.128. The van der Waals surface area contributed by atoms with Gasteiger partial charge in [-0.2, -0.15) is 0 Å². The fraction of sp³-hybridized carbons (Fsp3) is 0.286. The van der Waals surface area contributed by atoms with Crippen molar-refractivity contribution in [3.05, 3.63) is 44.8 Å². The molecule has 0 unspecified atom stereocenters. The van der Waals surface area contributed by atoms with Gasteiger partial charge in [0.15, 0.2) is 5.82 Å². The lowest BCUT2D eigenvalue weighted by Crippen LogP contribution is -2.03. The second-order valence-electron chi connectivity index (χ2n) is 4.34. The van der Waals surface area contributed by atoms with Crippen LogP contribution < -0.4 is 5.32 Å². The van der Waals surface area contributed by atoms with Crippen LogP contribution in [-0.4, -0.2) is 16.6 Å². The second-order valence-corrected chi connectivity index (χ2v) is 5.54. The molecule has 0 saturated heterocycles. The molecule has 1 heterocycles. The van der Waals surface area contributed by atoms with Crippen LogP contribution in [0.4, 0.5) is 11.5 Å². The summed E-state index contributed by atoms with van der Waals surface area (Å²) in [4.78, 5) is 8.42. The number of nitrogens with zero attached hydrogens (tertiary/aromatic N) is 2. The third kappa shape index (κ3) is 4.45. The number of ether oxygens (including phenoxy) is 1. The molecule has 4 nitrogen and oxygen atoms in total. The fourth-order valence-corrected chi connectivity index (χ4v) is 2.30. The Morgan fingerprint density at radius 2 is 1.86 bits per heavy atom. The molecule has 0 bridgehead atoms. The molecule has 0 spiro atoms. The molecular formula is C14H14Cl3N3O. The summed E-state index contributed by atoms with van der Waals surface area (Å²) in [6.07, 6.45) is 0. The highest BCUT2D eigenvalue weighted by Gasteiger charge is 2.08. The maximum atomic E-state index is 6.19. The fourth-order valence-electron chi connectivity index (χ4n) is 1.67. The number of nitrogens with one attached hydrogen (secondary N) is 1. The Morgan fingerprint density at radius 3 is 2.57 bits per heavy atom. The van der Waals surface area contributed by atoms with Crippen LogP contribution in [0.25, 0.3) is 0 Å². The van der Waals surface area contributed by atoms with E-state index in [-0.39, 0.29) is 0 Å². The summed E-state index contributed by atoms with van der Waals surface area (Å²) < 4.78 is 5.28. The van der Waals surface area contributed by atoms with Gasteiger partial charge in [-0.1, -0.05) is 34.8 Å². The minimum atomic E-state index is 0.300. The third-order valence-corrected chi connectivity index (χ3v) is 3.60. The molecule has 0 radical (unpaired) electrons. The van der Waals surface area contributed by atoms with E-state index in [2.05, 4.69) is 15.3 Å². The van der Waals surface area contributed by atoms with Gasteiger partial charge in [-0.3, -0.25) is 0 Å². The minimum absolute atomic E-state index is 0.300. The molecule has 112 valence electrons. The topological polar surface area (TPSA) is 47.0 Å². The van der Waals surface area contributed by atoms with E-state index >= 15 is 0 Å². The molecule has 0 aliphatic heterocycles. The van der Waals surface area contributed by atoms with E-state index in [1.165, 1.54) is 0 Å². The van der Waals surface area contributed by atoms with E-state index < -0.39 is 0 Å². The smallest absolute Gasteiger partial charge is 0.158 e. The van der Waals surface area contributed by atoms with Crippen molar-refractivity contribution in [1.29, 1.82) is 0 Å². The number of aryl methyl sites for hydroxylation is 1. The molecule has 0 amide bonds. The quantitative estimate of drug-likeness (QED) is 0.772. The van der Waals surface area contributed by atoms with Crippen LogP contribution in [0.5, 0.6) is 0 Å². The predicted octanol–water partition coefficient (Wildman–Crippen LogP) is 5.03. The first-order valence-electron chi connectivity index (χ1n) is 6.33. The molecule has 1 aromatic carbocycles. The summed E-state index contributed by atoms with van der Waals surface area (Å²) in [6.45, 7) is 4.67. The van der Waals surface area contributed by atoms with Crippen molar-refractivity contribution in [3.63, 3.8) is 0 Å². The van der Waals surface area contributed by atoms with Crippen LogP contribution in [0.2, 0.25) is 15.2 Å². The Kier molecular flexibility index (Phi) is 5.65. The highest BCUT2D eigenvalue weighted by atomic mass is 35.5. The Morgan fingerprint density at radius 1 is 1.10 bits per heavy atom. The molecule has 2 aromatic rings. The van der Waals surface area contributed by atoms with Crippen LogP contribution in [0, 0.1) is 6.92 Å². The predicted molar refractivity (Wildman–Crippen MR) is 86.9 cm³/mol. The zero-order valence-corrected chi connectivity index (χ0v) is 13.9. The molecule has 0 aliphatic rings. The zero-order valence-electron chi connectivity index (χ0n) is 11.6. The summed E-state index contributed by atoms with van der Waals surface area (Å²) >= 11 is 18.3. The van der Waals surface area contributed by atoms with Gasteiger partial charge in [-0.15, -0.1) is 0 Å². The summed E-state index contributed by atoms with van der Waals surface area (Å²) in [5, 5.41) is 4.60. The first kappa shape index (κ1) is 16.3. The maximum Gasteiger partial charge on any atom is 0.158 e. The minimum Gasteiger partial charge on any atom is -0.374 e. The Labute approximate surface area is 138 Å². The normalized spacial score (nSPS) is 10.7. The van der Waals surface area contributed by atoms with Gasteiger partial charge in [-0.05, 0) is 31.5 Å². The summed E-state index contributed by atoms with van der Waals surface area (Å²) in [5.41, 5.74) is 1.56. The Balaban J connectivity index is 2.27. The summed E-state index contributed by atoms with van der Waals surface area (Å²) in [5.74, 6) is 1.03. The van der Waals surface area contributed by atoms with Gasteiger partial charge in [0.1, 0.15) is 17.6 Å². The Hall–Kier alpha value is -1.07. The monoisotopic (exact) mass is 345 g/mol. The number of anilines is 2. The first-order chi connectivity index (χ1) is 9.99. The third-order valence-electron chi connectivity index (χ3n) is 2.69. The number of hydrogen-bond donors (Lipinski definition) is 1. The molecule has 7 heteroatoms. The molecule has 2 rings (SSSR count). The lowest BCUT2D eigenvalue weighted by Gasteiger charge is -2.11. The summed E-state index contributed by atoms with van der Waals surface area (Å²) in [6, 6.07) is 5.15. The van der Waals surface area contributed by atoms with Crippen molar-refractivity contribution in [2.24, 2.45) is 0 Å². The van der Waals surface area contributed by atoms with E-state index in [1.807, 2.05) is 13.8 Å². The summed E-state index contributed by atoms with van der Waals surface area (Å²) in [7, 11) is 0. The standard InChI is InChI=1S/C14H14Cl3N3O/c1-3-21-7-14-19-12(17)6-13(20-14)18-11-5-9(15)8(2)4-10(11)16/h4-6H,3,7H2,1-2H3,(H,18,19,20). The second kappa shape index (κ2) is 7.27. The number of hydrogen-bond acceptors (Lipinski definition) is 4. The number of halogens is 3. The molecule has 1 N–H and O–H groups in total. The molecule has 1 aromatic heterocycles. The molecule has 0 fully saturated rings. The number of rotatable bonds is 5.